The summed E-state index contributed by atoms with van der Waals surface area (Å²) in [6.45, 7) is 10.7. The Morgan fingerprint density at radius 1 is 1.20 bits per heavy atom. The monoisotopic (exact) mass is 277 g/mol. The Balaban J connectivity index is 1.82. The van der Waals surface area contributed by atoms with Gasteiger partial charge < -0.3 is 5.11 Å². The molecular weight excluding hydrogens is 250 g/mol. The third-order valence-electron chi connectivity index (χ3n) is 4.25. The van der Waals surface area contributed by atoms with E-state index in [1.165, 1.54) is 11.3 Å². The van der Waals surface area contributed by atoms with Gasteiger partial charge in [-0.25, -0.2) is 0 Å². The van der Waals surface area contributed by atoms with Crippen molar-refractivity contribution in [2.24, 2.45) is 0 Å². The molecular formula is C16H27N3O. The van der Waals surface area contributed by atoms with Gasteiger partial charge >= 0.3 is 0 Å². The largest absolute Gasteiger partial charge is 0.395 e. The fourth-order valence-corrected chi connectivity index (χ4v) is 2.60. The first kappa shape index (κ1) is 15.4. The Morgan fingerprint density at radius 2 is 1.90 bits per heavy atom. The van der Waals surface area contributed by atoms with E-state index in [2.05, 4.69) is 40.8 Å². The summed E-state index contributed by atoms with van der Waals surface area (Å²) < 4.78 is 0. The van der Waals surface area contributed by atoms with Crippen molar-refractivity contribution in [2.75, 3.05) is 39.3 Å². The SMILES string of the molecule is CCC(C)c1ccc(CN2CCN(CCO)CC2)cn1. The number of aromatic nitrogens is 1. The number of nitrogens with zero attached hydrogens (tertiary/aromatic N) is 3. The maximum Gasteiger partial charge on any atom is 0.0558 e. The van der Waals surface area contributed by atoms with Crippen molar-refractivity contribution < 1.29 is 5.11 Å². The number of hydrogen-bond donors (Lipinski definition) is 1. The molecule has 1 N–H and O–H groups in total. The highest BCUT2D eigenvalue weighted by molar-refractivity contribution is 5.16. The van der Waals surface area contributed by atoms with E-state index in [0.29, 0.717) is 5.92 Å². The second kappa shape index (κ2) is 7.72. The molecule has 4 heteroatoms. The summed E-state index contributed by atoms with van der Waals surface area (Å²) in [4.78, 5) is 9.38. The Hall–Kier alpha value is -0.970. The second-order valence-electron chi connectivity index (χ2n) is 5.74. The Labute approximate surface area is 122 Å². The number of β-amino-alcohol motifs (C(OH)–C–C–N with tert-alkyl or cyclic N) is 1. The highest BCUT2D eigenvalue weighted by Gasteiger charge is 2.16. The third kappa shape index (κ3) is 4.27. The van der Waals surface area contributed by atoms with Crippen LogP contribution in [-0.4, -0.2) is 59.2 Å². The van der Waals surface area contributed by atoms with Crippen molar-refractivity contribution in [3.05, 3.63) is 29.6 Å². The van der Waals surface area contributed by atoms with Gasteiger partial charge in [-0.05, 0) is 24.0 Å². The molecule has 1 fully saturated rings. The van der Waals surface area contributed by atoms with Crippen LogP contribution in [0.4, 0.5) is 0 Å². The van der Waals surface area contributed by atoms with E-state index in [0.717, 1.165) is 45.7 Å². The van der Waals surface area contributed by atoms with Crippen LogP contribution in [0.3, 0.4) is 0 Å². The Bertz CT molecular complexity index is 385. The van der Waals surface area contributed by atoms with E-state index in [1.807, 2.05) is 6.20 Å². The van der Waals surface area contributed by atoms with Crippen LogP contribution in [0.1, 0.15) is 37.4 Å². The lowest BCUT2D eigenvalue weighted by Crippen LogP contribution is -2.46. The number of aliphatic hydroxyl groups is 1. The van der Waals surface area contributed by atoms with Crippen LogP contribution in [0, 0.1) is 0 Å². The molecule has 1 aromatic heterocycles. The van der Waals surface area contributed by atoms with Crippen LogP contribution >= 0.6 is 0 Å². The summed E-state index contributed by atoms with van der Waals surface area (Å²) in [5.41, 5.74) is 2.50. The molecule has 0 aliphatic carbocycles. The first-order valence-corrected chi connectivity index (χ1v) is 7.73. The van der Waals surface area contributed by atoms with Crippen LogP contribution in [0.15, 0.2) is 18.3 Å². The Kier molecular flexibility index (Phi) is 5.95. The van der Waals surface area contributed by atoms with Gasteiger partial charge in [-0.15, -0.1) is 0 Å². The lowest BCUT2D eigenvalue weighted by atomic mass is 10.0. The molecule has 1 saturated heterocycles. The minimum atomic E-state index is 0.265. The average molecular weight is 277 g/mol. The molecule has 2 rings (SSSR count). The molecule has 0 saturated carbocycles. The Morgan fingerprint density at radius 3 is 2.45 bits per heavy atom. The summed E-state index contributed by atoms with van der Waals surface area (Å²) in [5.74, 6) is 0.547. The third-order valence-corrected chi connectivity index (χ3v) is 4.25. The molecule has 112 valence electrons. The van der Waals surface area contributed by atoms with Crippen LogP contribution in [-0.2, 0) is 6.54 Å². The van der Waals surface area contributed by atoms with Crippen molar-refractivity contribution in [3.8, 4) is 0 Å². The number of hydrogen-bond acceptors (Lipinski definition) is 4. The molecule has 1 aliphatic rings. The van der Waals surface area contributed by atoms with Gasteiger partial charge in [-0.1, -0.05) is 19.9 Å². The highest BCUT2D eigenvalue weighted by atomic mass is 16.3. The van der Waals surface area contributed by atoms with Gasteiger partial charge in [0.15, 0.2) is 0 Å². The summed E-state index contributed by atoms with van der Waals surface area (Å²) in [6.07, 6.45) is 3.17. The van der Waals surface area contributed by atoms with Gasteiger partial charge in [0, 0.05) is 51.2 Å². The number of aliphatic hydroxyl groups excluding tert-OH is 1. The molecule has 0 spiro atoms. The van der Waals surface area contributed by atoms with Gasteiger partial charge in [0.25, 0.3) is 0 Å². The first-order valence-electron chi connectivity index (χ1n) is 7.73. The van der Waals surface area contributed by atoms with Crippen molar-refractivity contribution in [2.45, 2.75) is 32.7 Å². The smallest absolute Gasteiger partial charge is 0.0558 e. The zero-order valence-electron chi connectivity index (χ0n) is 12.8. The number of pyridine rings is 1. The normalized spacial score (nSPS) is 19.1. The van der Waals surface area contributed by atoms with E-state index < -0.39 is 0 Å². The van der Waals surface area contributed by atoms with Gasteiger partial charge in [0.1, 0.15) is 0 Å². The van der Waals surface area contributed by atoms with Crippen LogP contribution < -0.4 is 0 Å². The lowest BCUT2D eigenvalue weighted by molar-refractivity contribution is 0.108. The van der Waals surface area contributed by atoms with Crippen LogP contribution in [0.5, 0.6) is 0 Å². The zero-order chi connectivity index (χ0) is 14.4. The van der Waals surface area contributed by atoms with Gasteiger partial charge in [0.2, 0.25) is 0 Å². The van der Waals surface area contributed by atoms with Gasteiger partial charge in [-0.3, -0.25) is 14.8 Å². The molecule has 0 bridgehead atoms. The molecule has 0 amide bonds. The summed E-state index contributed by atoms with van der Waals surface area (Å²) in [6, 6.07) is 4.39. The molecule has 1 unspecified atom stereocenters. The maximum absolute atomic E-state index is 8.95. The van der Waals surface area contributed by atoms with Crippen molar-refractivity contribution in [1.29, 1.82) is 0 Å². The molecule has 1 aliphatic heterocycles. The van der Waals surface area contributed by atoms with Gasteiger partial charge in [0.05, 0.1) is 6.61 Å². The standard InChI is InChI=1S/C16H27N3O/c1-3-14(2)16-5-4-15(12-17-16)13-19-8-6-18(7-9-19)10-11-20/h4-5,12,14,20H,3,6-11,13H2,1-2H3. The molecule has 1 atom stereocenters. The van der Waals surface area contributed by atoms with E-state index in [4.69, 9.17) is 5.11 Å². The van der Waals surface area contributed by atoms with E-state index in [1.54, 1.807) is 0 Å². The van der Waals surface area contributed by atoms with E-state index in [9.17, 15) is 0 Å². The predicted molar refractivity (Wildman–Crippen MR) is 81.7 cm³/mol. The minimum absolute atomic E-state index is 0.265. The van der Waals surface area contributed by atoms with Crippen molar-refractivity contribution in [3.63, 3.8) is 0 Å². The predicted octanol–water partition coefficient (Wildman–Crippen LogP) is 1.71. The maximum atomic E-state index is 8.95. The van der Waals surface area contributed by atoms with E-state index >= 15 is 0 Å². The van der Waals surface area contributed by atoms with Crippen LogP contribution in [0.25, 0.3) is 0 Å². The lowest BCUT2D eigenvalue weighted by Gasteiger charge is -2.34. The second-order valence-corrected chi connectivity index (χ2v) is 5.74. The van der Waals surface area contributed by atoms with Crippen molar-refractivity contribution in [1.82, 2.24) is 14.8 Å². The fraction of sp³-hybridized carbons (Fsp3) is 0.688. The van der Waals surface area contributed by atoms with Crippen molar-refractivity contribution >= 4 is 0 Å². The number of piperazine rings is 1. The highest BCUT2D eigenvalue weighted by Crippen LogP contribution is 2.16. The summed E-state index contributed by atoms with van der Waals surface area (Å²) >= 11 is 0. The molecule has 0 aromatic carbocycles. The number of rotatable bonds is 6. The quantitative estimate of drug-likeness (QED) is 0.859. The topological polar surface area (TPSA) is 39.6 Å². The molecule has 2 heterocycles. The first-order chi connectivity index (χ1) is 9.72. The average Bonchev–Trinajstić information content (AvgIpc) is 2.49. The van der Waals surface area contributed by atoms with Gasteiger partial charge in [-0.2, -0.15) is 0 Å². The minimum Gasteiger partial charge on any atom is -0.395 e. The molecule has 4 nitrogen and oxygen atoms in total. The molecule has 20 heavy (non-hydrogen) atoms. The fourth-order valence-electron chi connectivity index (χ4n) is 2.60. The summed E-state index contributed by atoms with van der Waals surface area (Å²) in [5, 5.41) is 8.95. The van der Waals surface area contributed by atoms with E-state index in [-0.39, 0.29) is 6.61 Å². The zero-order valence-corrected chi connectivity index (χ0v) is 12.8. The summed E-state index contributed by atoms with van der Waals surface area (Å²) in [7, 11) is 0. The van der Waals surface area contributed by atoms with Crippen LogP contribution in [0.2, 0.25) is 0 Å². The molecule has 0 radical (unpaired) electrons. The molecule has 1 aromatic rings.